The van der Waals surface area contributed by atoms with Crippen molar-refractivity contribution in [3.05, 3.63) is 71.2 Å². The van der Waals surface area contributed by atoms with Crippen LogP contribution in [0.2, 0.25) is 0 Å². The minimum absolute atomic E-state index is 0.000260. The number of carbonyl (C=O) groups is 1. The summed E-state index contributed by atoms with van der Waals surface area (Å²) in [7, 11) is 1.65. The molecule has 0 unspecified atom stereocenters. The largest absolute Gasteiger partial charge is 0.497 e. The van der Waals surface area contributed by atoms with Gasteiger partial charge in [-0.3, -0.25) is 4.79 Å². The van der Waals surface area contributed by atoms with Gasteiger partial charge in [-0.1, -0.05) is 18.2 Å². The molecule has 7 heteroatoms. The van der Waals surface area contributed by atoms with Gasteiger partial charge in [0.1, 0.15) is 11.6 Å². The SMILES string of the molecule is COc1ccc(CCC(=O)N2CCC[C@@H]2c2cccc(Nc3nc(C)cc(C)n3)n2)cc1. The number of aromatic nitrogens is 3. The summed E-state index contributed by atoms with van der Waals surface area (Å²) >= 11 is 0. The molecule has 7 nitrogen and oxygen atoms in total. The average molecular weight is 432 g/mol. The summed E-state index contributed by atoms with van der Waals surface area (Å²) in [5.74, 6) is 2.21. The van der Waals surface area contributed by atoms with Crippen LogP contribution in [-0.4, -0.2) is 39.4 Å². The Kier molecular flexibility index (Phi) is 6.63. The first kappa shape index (κ1) is 21.7. The smallest absolute Gasteiger partial charge is 0.228 e. The van der Waals surface area contributed by atoms with Gasteiger partial charge in [0, 0.05) is 24.4 Å². The van der Waals surface area contributed by atoms with Gasteiger partial charge < -0.3 is 15.0 Å². The van der Waals surface area contributed by atoms with Crippen LogP contribution in [0.25, 0.3) is 0 Å². The Balaban J connectivity index is 1.43. The Morgan fingerprint density at radius 3 is 2.56 bits per heavy atom. The summed E-state index contributed by atoms with van der Waals surface area (Å²) in [4.78, 5) is 28.6. The Morgan fingerprint density at radius 2 is 1.84 bits per heavy atom. The summed E-state index contributed by atoms with van der Waals surface area (Å²) in [6.45, 7) is 4.65. The predicted octanol–water partition coefficient (Wildman–Crippen LogP) is 4.54. The monoisotopic (exact) mass is 431 g/mol. The van der Waals surface area contributed by atoms with Gasteiger partial charge >= 0.3 is 0 Å². The van der Waals surface area contributed by atoms with Crippen LogP contribution in [0.5, 0.6) is 5.75 Å². The maximum atomic E-state index is 13.0. The molecule has 0 spiro atoms. The first-order valence-corrected chi connectivity index (χ1v) is 11.0. The number of nitrogens with one attached hydrogen (secondary N) is 1. The Hall–Kier alpha value is -3.48. The number of likely N-dealkylation sites (tertiary alicyclic amines) is 1. The third kappa shape index (κ3) is 5.22. The zero-order valence-electron chi connectivity index (χ0n) is 18.8. The minimum atomic E-state index is 0.000260. The molecule has 166 valence electrons. The fourth-order valence-corrected chi connectivity index (χ4v) is 4.16. The van der Waals surface area contributed by atoms with E-state index in [-0.39, 0.29) is 11.9 Å². The number of nitrogens with zero attached hydrogens (tertiary/aromatic N) is 4. The highest BCUT2D eigenvalue weighted by Gasteiger charge is 2.30. The van der Waals surface area contributed by atoms with Gasteiger partial charge in [-0.2, -0.15) is 0 Å². The number of hydrogen-bond donors (Lipinski definition) is 1. The number of rotatable bonds is 7. The number of anilines is 2. The Morgan fingerprint density at radius 1 is 1.09 bits per heavy atom. The maximum Gasteiger partial charge on any atom is 0.228 e. The van der Waals surface area contributed by atoms with Gasteiger partial charge in [-0.15, -0.1) is 0 Å². The summed E-state index contributed by atoms with van der Waals surface area (Å²) < 4.78 is 5.20. The van der Waals surface area contributed by atoms with Crippen LogP contribution >= 0.6 is 0 Å². The van der Waals surface area contributed by atoms with Crippen LogP contribution in [0.4, 0.5) is 11.8 Å². The molecule has 2 aromatic heterocycles. The summed E-state index contributed by atoms with van der Waals surface area (Å²) in [5.41, 5.74) is 3.84. The van der Waals surface area contributed by atoms with E-state index in [0.717, 1.165) is 47.8 Å². The molecule has 0 aliphatic carbocycles. The van der Waals surface area contributed by atoms with Crippen LogP contribution in [0.3, 0.4) is 0 Å². The molecule has 1 fully saturated rings. The van der Waals surface area contributed by atoms with E-state index in [0.29, 0.717) is 24.6 Å². The third-order valence-corrected chi connectivity index (χ3v) is 5.69. The molecule has 1 N–H and O–H groups in total. The van der Waals surface area contributed by atoms with Crippen molar-refractivity contribution in [1.29, 1.82) is 0 Å². The van der Waals surface area contributed by atoms with Crippen LogP contribution in [0, 0.1) is 13.8 Å². The van der Waals surface area contributed by atoms with Gasteiger partial charge in [0.2, 0.25) is 11.9 Å². The van der Waals surface area contributed by atoms with Gasteiger partial charge in [-0.05, 0) is 69.0 Å². The molecule has 1 aromatic carbocycles. The van der Waals surface area contributed by atoms with Crippen LogP contribution in [-0.2, 0) is 11.2 Å². The van der Waals surface area contributed by atoms with E-state index in [1.165, 1.54) is 0 Å². The average Bonchev–Trinajstić information content (AvgIpc) is 3.27. The summed E-state index contributed by atoms with van der Waals surface area (Å²) in [6.07, 6.45) is 3.10. The zero-order chi connectivity index (χ0) is 22.5. The van der Waals surface area contributed by atoms with Crippen molar-refractivity contribution >= 4 is 17.7 Å². The van der Waals surface area contributed by atoms with Crippen molar-refractivity contribution in [3.8, 4) is 5.75 Å². The Bertz CT molecular complexity index is 1060. The number of aryl methyl sites for hydroxylation is 3. The van der Waals surface area contributed by atoms with Crippen molar-refractivity contribution in [2.45, 2.75) is 45.6 Å². The molecule has 0 bridgehead atoms. The van der Waals surface area contributed by atoms with E-state index in [9.17, 15) is 4.79 Å². The second kappa shape index (κ2) is 9.77. The second-order valence-corrected chi connectivity index (χ2v) is 8.14. The highest BCUT2D eigenvalue weighted by atomic mass is 16.5. The van der Waals surface area contributed by atoms with E-state index in [4.69, 9.17) is 9.72 Å². The summed E-state index contributed by atoms with van der Waals surface area (Å²) in [6, 6.07) is 15.7. The van der Waals surface area contributed by atoms with E-state index in [1.807, 2.05) is 67.3 Å². The minimum Gasteiger partial charge on any atom is -0.497 e. The molecule has 4 rings (SSSR count). The lowest BCUT2D eigenvalue weighted by molar-refractivity contribution is -0.132. The van der Waals surface area contributed by atoms with Crippen LogP contribution < -0.4 is 10.1 Å². The number of methoxy groups -OCH3 is 1. The molecular formula is C25H29N5O2. The highest BCUT2D eigenvalue weighted by Crippen LogP contribution is 2.32. The zero-order valence-corrected chi connectivity index (χ0v) is 18.8. The van der Waals surface area contributed by atoms with Crippen molar-refractivity contribution < 1.29 is 9.53 Å². The quantitative estimate of drug-likeness (QED) is 0.592. The van der Waals surface area contributed by atoms with Crippen molar-refractivity contribution in [2.24, 2.45) is 0 Å². The molecule has 1 atom stereocenters. The molecule has 1 amide bonds. The Labute approximate surface area is 188 Å². The molecule has 1 aliphatic heterocycles. The number of carbonyl (C=O) groups excluding carboxylic acids is 1. The molecule has 32 heavy (non-hydrogen) atoms. The molecule has 0 saturated carbocycles. The fourth-order valence-electron chi connectivity index (χ4n) is 4.16. The van der Waals surface area contributed by atoms with Gasteiger partial charge in [0.15, 0.2) is 0 Å². The first-order valence-electron chi connectivity index (χ1n) is 11.0. The first-order chi connectivity index (χ1) is 15.5. The van der Waals surface area contributed by atoms with Crippen molar-refractivity contribution in [2.75, 3.05) is 19.0 Å². The van der Waals surface area contributed by atoms with E-state index in [2.05, 4.69) is 15.3 Å². The van der Waals surface area contributed by atoms with Gasteiger partial charge in [0.25, 0.3) is 0 Å². The molecule has 1 aliphatic rings. The number of pyridine rings is 1. The fraction of sp³-hybridized carbons (Fsp3) is 0.360. The molecule has 1 saturated heterocycles. The molecule has 3 aromatic rings. The second-order valence-electron chi connectivity index (χ2n) is 8.14. The number of ether oxygens (including phenoxy) is 1. The van der Waals surface area contributed by atoms with E-state index < -0.39 is 0 Å². The van der Waals surface area contributed by atoms with Crippen molar-refractivity contribution in [1.82, 2.24) is 19.9 Å². The van der Waals surface area contributed by atoms with Crippen molar-refractivity contribution in [3.63, 3.8) is 0 Å². The topological polar surface area (TPSA) is 80.2 Å². The highest BCUT2D eigenvalue weighted by molar-refractivity contribution is 5.77. The number of hydrogen-bond acceptors (Lipinski definition) is 6. The predicted molar refractivity (Wildman–Crippen MR) is 124 cm³/mol. The van der Waals surface area contributed by atoms with E-state index in [1.54, 1.807) is 7.11 Å². The number of benzene rings is 1. The van der Waals surface area contributed by atoms with Gasteiger partial charge in [-0.25, -0.2) is 15.0 Å². The van der Waals surface area contributed by atoms with Crippen LogP contribution in [0.15, 0.2) is 48.5 Å². The van der Waals surface area contributed by atoms with E-state index >= 15 is 0 Å². The standard InChI is InChI=1S/C25H29N5O2/c1-17-16-18(2)27-25(26-17)29-23-8-4-6-21(28-23)22-7-5-15-30(22)24(31)14-11-19-9-12-20(32-3)13-10-19/h4,6,8-10,12-13,16,22H,5,7,11,14-15H2,1-3H3,(H,26,27,28,29)/t22-/m1/s1. The summed E-state index contributed by atoms with van der Waals surface area (Å²) in [5, 5.41) is 3.20. The maximum absolute atomic E-state index is 13.0. The van der Waals surface area contributed by atoms with Gasteiger partial charge in [0.05, 0.1) is 18.8 Å². The number of amides is 1. The lowest BCUT2D eigenvalue weighted by atomic mass is 10.1. The van der Waals surface area contributed by atoms with Crippen LogP contribution in [0.1, 0.15) is 47.9 Å². The molecular weight excluding hydrogens is 402 g/mol. The third-order valence-electron chi connectivity index (χ3n) is 5.69. The molecule has 0 radical (unpaired) electrons. The molecule has 3 heterocycles. The lowest BCUT2D eigenvalue weighted by Gasteiger charge is -2.25. The normalized spacial score (nSPS) is 15.6. The lowest BCUT2D eigenvalue weighted by Crippen LogP contribution is -2.31.